The Morgan fingerprint density at radius 3 is 1.78 bits per heavy atom. The first kappa shape index (κ1) is 24.8. The van der Waals surface area contributed by atoms with Crippen LogP contribution in [0.25, 0.3) is 0 Å². The molecule has 2 unspecified atom stereocenters. The smallest absolute Gasteiger partial charge is 0.326 e. The second kappa shape index (κ2) is 14.9. The lowest BCUT2D eigenvalue weighted by molar-refractivity contribution is -0.142. The number of rotatable bonds is 15. The van der Waals surface area contributed by atoms with Crippen molar-refractivity contribution in [2.75, 3.05) is 26.2 Å². The fourth-order valence-corrected chi connectivity index (χ4v) is 2.30. The molecule has 0 rings (SSSR count). The van der Waals surface area contributed by atoms with E-state index in [0.717, 1.165) is 0 Å². The van der Waals surface area contributed by atoms with Crippen molar-refractivity contribution in [3.63, 3.8) is 0 Å². The molecule has 0 saturated carbocycles. The van der Waals surface area contributed by atoms with E-state index in [0.29, 0.717) is 45.2 Å². The summed E-state index contributed by atoms with van der Waals surface area (Å²) in [6.07, 6.45) is 3.13. The summed E-state index contributed by atoms with van der Waals surface area (Å²) < 4.78 is 0. The Labute approximate surface area is 158 Å². The van der Waals surface area contributed by atoms with E-state index in [1.165, 1.54) is 0 Å². The van der Waals surface area contributed by atoms with Crippen LogP contribution < -0.4 is 33.2 Å². The lowest BCUT2D eigenvalue weighted by Crippen LogP contribution is -2.51. The Morgan fingerprint density at radius 1 is 0.778 bits per heavy atom. The van der Waals surface area contributed by atoms with Crippen molar-refractivity contribution in [3.05, 3.63) is 0 Å². The maximum Gasteiger partial charge on any atom is 0.326 e. The van der Waals surface area contributed by atoms with Crippen molar-refractivity contribution in [2.24, 2.45) is 17.2 Å². The van der Waals surface area contributed by atoms with E-state index in [-0.39, 0.29) is 13.0 Å². The molecule has 27 heavy (non-hydrogen) atoms. The average molecular weight is 388 g/mol. The van der Waals surface area contributed by atoms with Gasteiger partial charge in [0.05, 0.1) is 13.1 Å². The van der Waals surface area contributed by atoms with E-state index < -0.39 is 42.3 Å². The molecule has 0 saturated heterocycles. The quantitative estimate of drug-likeness (QED) is 0.147. The normalized spacial score (nSPS) is 12.7. The number of carboxylic acids is 1. The molecule has 3 amide bonds. The van der Waals surface area contributed by atoms with Crippen molar-refractivity contribution in [1.29, 1.82) is 0 Å². The van der Waals surface area contributed by atoms with Gasteiger partial charge in [-0.2, -0.15) is 0 Å². The summed E-state index contributed by atoms with van der Waals surface area (Å²) in [6, 6.07) is -1.88. The predicted octanol–water partition coefficient (Wildman–Crippen LogP) is -2.63. The molecular weight excluding hydrogens is 356 g/mol. The van der Waals surface area contributed by atoms with Gasteiger partial charge in [0, 0.05) is 0 Å². The zero-order valence-corrected chi connectivity index (χ0v) is 15.5. The van der Waals surface area contributed by atoms with E-state index in [4.69, 9.17) is 22.3 Å². The molecular formula is C16H32N6O5. The second-order valence-electron chi connectivity index (χ2n) is 6.07. The highest BCUT2D eigenvalue weighted by Crippen LogP contribution is 2.02. The molecule has 0 aliphatic heterocycles. The standard InChI is InChI=1S/C16H32N6O5/c17-7-3-1-5-11(21-13(23)9-19)15(25)20-10-14(24)22-12(16(26)27)6-2-4-8-18/h11-12H,1-10,17-19H2,(H,20,25)(H,21,23)(H,22,24)(H,26,27). The Morgan fingerprint density at radius 2 is 1.30 bits per heavy atom. The topological polar surface area (TPSA) is 203 Å². The van der Waals surface area contributed by atoms with Gasteiger partial charge < -0.3 is 38.3 Å². The van der Waals surface area contributed by atoms with Crippen LogP contribution in [-0.4, -0.2) is 67.1 Å². The number of hydrogen-bond acceptors (Lipinski definition) is 7. The minimum absolute atomic E-state index is 0.250. The Kier molecular flexibility index (Phi) is 13.6. The van der Waals surface area contributed by atoms with E-state index >= 15 is 0 Å². The average Bonchev–Trinajstić information content (AvgIpc) is 2.64. The van der Waals surface area contributed by atoms with Crippen LogP contribution in [0.1, 0.15) is 38.5 Å². The van der Waals surface area contributed by atoms with Crippen LogP contribution >= 0.6 is 0 Å². The van der Waals surface area contributed by atoms with Crippen molar-refractivity contribution >= 4 is 23.7 Å². The zero-order valence-electron chi connectivity index (χ0n) is 15.5. The molecule has 10 N–H and O–H groups in total. The molecule has 0 bridgehead atoms. The lowest BCUT2D eigenvalue weighted by atomic mass is 10.1. The minimum atomic E-state index is -1.15. The van der Waals surface area contributed by atoms with E-state index in [1.54, 1.807) is 0 Å². The third-order valence-corrected chi connectivity index (χ3v) is 3.79. The fourth-order valence-electron chi connectivity index (χ4n) is 2.30. The number of carbonyl (C=O) groups excluding carboxylic acids is 3. The Balaban J connectivity index is 4.53. The van der Waals surface area contributed by atoms with E-state index in [2.05, 4.69) is 16.0 Å². The van der Waals surface area contributed by atoms with Gasteiger partial charge in [0.15, 0.2) is 0 Å². The summed E-state index contributed by atoms with van der Waals surface area (Å²) in [5.74, 6) is -2.81. The monoisotopic (exact) mass is 388 g/mol. The number of carboxylic acid groups (broad SMARTS) is 1. The number of unbranched alkanes of at least 4 members (excludes halogenated alkanes) is 2. The molecule has 0 radical (unpaired) electrons. The molecule has 2 atom stereocenters. The van der Waals surface area contributed by atoms with Crippen LogP contribution in [0.3, 0.4) is 0 Å². The molecule has 11 nitrogen and oxygen atoms in total. The Bertz CT molecular complexity index is 488. The lowest BCUT2D eigenvalue weighted by Gasteiger charge is -2.19. The highest BCUT2D eigenvalue weighted by molar-refractivity contribution is 5.91. The first-order valence-corrected chi connectivity index (χ1v) is 9.05. The van der Waals surface area contributed by atoms with Crippen LogP contribution in [-0.2, 0) is 19.2 Å². The molecule has 0 aliphatic rings. The van der Waals surface area contributed by atoms with Gasteiger partial charge in [-0.15, -0.1) is 0 Å². The summed E-state index contributed by atoms with van der Waals surface area (Å²) in [5, 5.41) is 16.4. The van der Waals surface area contributed by atoms with E-state index in [9.17, 15) is 19.2 Å². The van der Waals surface area contributed by atoms with Gasteiger partial charge in [0.1, 0.15) is 12.1 Å². The molecule has 0 aliphatic carbocycles. The van der Waals surface area contributed by atoms with Crippen LogP contribution in [0.15, 0.2) is 0 Å². The number of amides is 3. The molecule has 0 fully saturated rings. The van der Waals surface area contributed by atoms with Gasteiger partial charge in [-0.3, -0.25) is 14.4 Å². The first-order valence-electron chi connectivity index (χ1n) is 9.05. The van der Waals surface area contributed by atoms with Crippen LogP contribution in [0, 0.1) is 0 Å². The van der Waals surface area contributed by atoms with Crippen molar-refractivity contribution in [1.82, 2.24) is 16.0 Å². The molecule has 0 aromatic heterocycles. The van der Waals surface area contributed by atoms with Gasteiger partial charge in [-0.25, -0.2) is 4.79 Å². The summed E-state index contributed by atoms with van der Waals surface area (Å²) in [6.45, 7) is 0.244. The molecule has 11 heteroatoms. The summed E-state index contributed by atoms with van der Waals surface area (Å²) >= 11 is 0. The third-order valence-electron chi connectivity index (χ3n) is 3.79. The minimum Gasteiger partial charge on any atom is -0.480 e. The van der Waals surface area contributed by atoms with Gasteiger partial charge in [-0.05, 0) is 51.6 Å². The van der Waals surface area contributed by atoms with Crippen molar-refractivity contribution < 1.29 is 24.3 Å². The number of hydrogen-bond donors (Lipinski definition) is 7. The number of nitrogens with one attached hydrogen (secondary N) is 3. The van der Waals surface area contributed by atoms with Crippen LogP contribution in [0.4, 0.5) is 0 Å². The third kappa shape index (κ3) is 11.9. The largest absolute Gasteiger partial charge is 0.480 e. The summed E-state index contributed by atoms with van der Waals surface area (Å²) in [4.78, 5) is 46.8. The number of carbonyl (C=O) groups is 4. The maximum atomic E-state index is 12.2. The van der Waals surface area contributed by atoms with Gasteiger partial charge >= 0.3 is 5.97 Å². The van der Waals surface area contributed by atoms with Gasteiger partial charge in [-0.1, -0.05) is 0 Å². The highest BCUT2D eigenvalue weighted by atomic mass is 16.4. The molecule has 0 spiro atoms. The second-order valence-corrected chi connectivity index (χ2v) is 6.07. The van der Waals surface area contributed by atoms with Crippen molar-refractivity contribution in [2.45, 2.75) is 50.6 Å². The first-order chi connectivity index (χ1) is 12.8. The summed E-state index contributed by atoms with van der Waals surface area (Å²) in [7, 11) is 0. The Hall–Kier alpha value is -2.24. The molecule has 0 heterocycles. The number of aliphatic carboxylic acids is 1. The van der Waals surface area contributed by atoms with Crippen molar-refractivity contribution in [3.8, 4) is 0 Å². The van der Waals surface area contributed by atoms with Crippen LogP contribution in [0.2, 0.25) is 0 Å². The molecule has 0 aromatic rings. The zero-order chi connectivity index (χ0) is 20.7. The SMILES string of the molecule is NCCCCC(NC(=O)CNC(=O)C(CCCCN)NC(=O)CN)C(=O)O. The maximum absolute atomic E-state index is 12.2. The fraction of sp³-hybridized carbons (Fsp3) is 0.750. The molecule has 0 aromatic carbocycles. The number of nitrogens with two attached hydrogens (primary N) is 3. The van der Waals surface area contributed by atoms with Gasteiger partial charge in [0.25, 0.3) is 0 Å². The predicted molar refractivity (Wildman–Crippen MR) is 99.4 cm³/mol. The van der Waals surface area contributed by atoms with Gasteiger partial charge in [0.2, 0.25) is 17.7 Å². The van der Waals surface area contributed by atoms with E-state index in [1.807, 2.05) is 0 Å². The van der Waals surface area contributed by atoms with Crippen LogP contribution in [0.5, 0.6) is 0 Å². The molecule has 156 valence electrons. The highest BCUT2D eigenvalue weighted by Gasteiger charge is 2.22. The summed E-state index contributed by atoms with van der Waals surface area (Å²) in [5.41, 5.74) is 16.0.